The van der Waals surface area contributed by atoms with Crippen LogP contribution < -0.4 is 5.73 Å². The van der Waals surface area contributed by atoms with E-state index in [9.17, 15) is 10.1 Å². The van der Waals surface area contributed by atoms with E-state index in [-0.39, 0.29) is 5.00 Å². The molecule has 3 heterocycles. The van der Waals surface area contributed by atoms with E-state index >= 15 is 0 Å². The Labute approximate surface area is 112 Å². The van der Waals surface area contributed by atoms with E-state index in [0.29, 0.717) is 17.1 Å². The standard InChI is InChI=1S/C12H10N4O2S/c1-7-3-2-4-9-14-11(12(13)15(7)9)8-5-10(16(17)18)19-6-8/h2-6H,13H2,1H3. The fourth-order valence-electron chi connectivity index (χ4n) is 2.04. The number of nitrogens with zero attached hydrogens (tertiary/aromatic N) is 3. The Bertz CT molecular complexity index is 790. The molecule has 19 heavy (non-hydrogen) atoms. The van der Waals surface area contributed by atoms with Gasteiger partial charge in [0, 0.05) is 22.7 Å². The van der Waals surface area contributed by atoms with Crippen LogP contribution in [-0.4, -0.2) is 14.3 Å². The lowest BCUT2D eigenvalue weighted by Gasteiger charge is -2.00. The van der Waals surface area contributed by atoms with E-state index < -0.39 is 4.92 Å². The van der Waals surface area contributed by atoms with Crippen LogP contribution >= 0.6 is 11.3 Å². The zero-order valence-corrected chi connectivity index (χ0v) is 10.8. The Kier molecular flexibility index (Phi) is 2.49. The molecule has 0 aliphatic carbocycles. The van der Waals surface area contributed by atoms with Gasteiger partial charge in [0.1, 0.15) is 17.2 Å². The van der Waals surface area contributed by atoms with E-state index in [1.165, 1.54) is 6.07 Å². The molecule has 0 bridgehead atoms. The first-order valence-corrected chi connectivity index (χ1v) is 6.42. The van der Waals surface area contributed by atoms with Gasteiger partial charge in [-0.2, -0.15) is 0 Å². The highest BCUT2D eigenvalue weighted by molar-refractivity contribution is 7.13. The number of anilines is 1. The number of aromatic nitrogens is 2. The maximum atomic E-state index is 10.7. The summed E-state index contributed by atoms with van der Waals surface area (Å²) in [6.07, 6.45) is 0. The van der Waals surface area contributed by atoms with Crippen LogP contribution in [0.25, 0.3) is 16.9 Å². The lowest BCUT2D eigenvalue weighted by atomic mass is 10.2. The van der Waals surface area contributed by atoms with Gasteiger partial charge in [-0.25, -0.2) is 4.98 Å². The van der Waals surface area contributed by atoms with Crippen molar-refractivity contribution in [3.8, 4) is 11.3 Å². The SMILES string of the molecule is Cc1cccc2nc(-c3csc([N+](=O)[O-])c3)c(N)n12. The van der Waals surface area contributed by atoms with Crippen molar-refractivity contribution in [2.24, 2.45) is 0 Å². The van der Waals surface area contributed by atoms with Gasteiger partial charge in [-0.15, -0.1) is 0 Å². The minimum Gasteiger partial charge on any atom is -0.383 e. The van der Waals surface area contributed by atoms with Crippen LogP contribution in [-0.2, 0) is 0 Å². The molecule has 0 aromatic carbocycles. The molecule has 0 saturated heterocycles. The monoisotopic (exact) mass is 274 g/mol. The van der Waals surface area contributed by atoms with Gasteiger partial charge in [0.25, 0.3) is 0 Å². The van der Waals surface area contributed by atoms with Crippen molar-refractivity contribution >= 4 is 27.8 Å². The molecule has 3 aromatic heterocycles. The summed E-state index contributed by atoms with van der Waals surface area (Å²) in [7, 11) is 0. The highest BCUT2D eigenvalue weighted by atomic mass is 32.1. The van der Waals surface area contributed by atoms with Crippen molar-refractivity contribution in [1.82, 2.24) is 9.38 Å². The number of nitro groups is 1. The molecular weight excluding hydrogens is 264 g/mol. The van der Waals surface area contributed by atoms with Crippen LogP contribution in [0.1, 0.15) is 5.69 Å². The van der Waals surface area contributed by atoms with E-state index in [1.54, 1.807) is 5.38 Å². The molecule has 3 rings (SSSR count). The number of imidazole rings is 1. The summed E-state index contributed by atoms with van der Waals surface area (Å²) >= 11 is 1.07. The first-order valence-electron chi connectivity index (χ1n) is 5.55. The van der Waals surface area contributed by atoms with Gasteiger partial charge in [-0.1, -0.05) is 17.4 Å². The highest BCUT2D eigenvalue weighted by Crippen LogP contribution is 2.33. The smallest absolute Gasteiger partial charge is 0.324 e. The first kappa shape index (κ1) is 11.7. The van der Waals surface area contributed by atoms with Crippen molar-refractivity contribution < 1.29 is 4.92 Å². The summed E-state index contributed by atoms with van der Waals surface area (Å²) in [5.74, 6) is 0.501. The van der Waals surface area contributed by atoms with Crippen LogP contribution in [0.5, 0.6) is 0 Å². The minimum absolute atomic E-state index is 0.0863. The third-order valence-electron chi connectivity index (χ3n) is 2.91. The average molecular weight is 274 g/mol. The second-order valence-electron chi connectivity index (χ2n) is 4.14. The molecule has 0 aliphatic rings. The number of aryl methyl sites for hydroxylation is 1. The molecule has 96 valence electrons. The third-order valence-corrected chi connectivity index (χ3v) is 3.79. The molecule has 2 N–H and O–H groups in total. The third kappa shape index (κ3) is 1.75. The maximum absolute atomic E-state index is 10.7. The fourth-order valence-corrected chi connectivity index (χ4v) is 2.75. The van der Waals surface area contributed by atoms with Gasteiger partial charge in [0.2, 0.25) is 0 Å². The fraction of sp³-hybridized carbons (Fsp3) is 0.0833. The van der Waals surface area contributed by atoms with Crippen LogP contribution in [0.4, 0.5) is 10.8 Å². The Hall–Kier alpha value is -2.41. The number of fused-ring (bicyclic) bond motifs is 1. The van der Waals surface area contributed by atoms with Crippen molar-refractivity contribution in [1.29, 1.82) is 0 Å². The summed E-state index contributed by atoms with van der Waals surface area (Å²) in [6.45, 7) is 1.94. The molecule has 7 heteroatoms. The normalized spacial score (nSPS) is 11.0. The van der Waals surface area contributed by atoms with Crippen LogP contribution in [0.15, 0.2) is 29.6 Å². The van der Waals surface area contributed by atoms with Gasteiger partial charge in [0.05, 0.1) is 4.92 Å². The predicted molar refractivity (Wildman–Crippen MR) is 74.3 cm³/mol. The first-order chi connectivity index (χ1) is 9.08. The van der Waals surface area contributed by atoms with Gasteiger partial charge in [0.15, 0.2) is 0 Å². The zero-order chi connectivity index (χ0) is 13.6. The summed E-state index contributed by atoms with van der Waals surface area (Å²) in [5, 5.41) is 12.5. The molecule has 3 aromatic rings. The summed E-state index contributed by atoms with van der Waals surface area (Å²) in [5.41, 5.74) is 9.06. The molecule has 0 spiro atoms. The topological polar surface area (TPSA) is 86.5 Å². The van der Waals surface area contributed by atoms with Crippen molar-refractivity contribution in [2.45, 2.75) is 6.92 Å². The van der Waals surface area contributed by atoms with E-state index in [2.05, 4.69) is 4.98 Å². The highest BCUT2D eigenvalue weighted by Gasteiger charge is 2.17. The second-order valence-corrected chi connectivity index (χ2v) is 5.03. The minimum atomic E-state index is -0.411. The van der Waals surface area contributed by atoms with Gasteiger partial charge in [-0.3, -0.25) is 14.5 Å². The molecule has 0 aliphatic heterocycles. The summed E-state index contributed by atoms with van der Waals surface area (Å²) in [4.78, 5) is 14.7. The Morgan fingerprint density at radius 3 is 2.89 bits per heavy atom. The lowest BCUT2D eigenvalue weighted by Crippen LogP contribution is -1.97. The van der Waals surface area contributed by atoms with Crippen molar-refractivity contribution in [3.05, 3.63) is 45.5 Å². The number of hydrogen-bond donors (Lipinski definition) is 1. The molecule has 0 atom stereocenters. The van der Waals surface area contributed by atoms with Crippen LogP contribution in [0.2, 0.25) is 0 Å². The Balaban J connectivity index is 2.22. The number of rotatable bonds is 2. The molecule has 6 nitrogen and oxygen atoms in total. The number of nitrogens with two attached hydrogens (primary N) is 1. The maximum Gasteiger partial charge on any atom is 0.324 e. The van der Waals surface area contributed by atoms with Gasteiger partial charge >= 0.3 is 5.00 Å². The largest absolute Gasteiger partial charge is 0.383 e. The van der Waals surface area contributed by atoms with E-state index in [0.717, 1.165) is 22.7 Å². The quantitative estimate of drug-likeness (QED) is 0.575. The van der Waals surface area contributed by atoms with Gasteiger partial charge < -0.3 is 5.73 Å². The molecule has 0 amide bonds. The molecule has 0 saturated carbocycles. The average Bonchev–Trinajstić information content (AvgIpc) is 2.95. The summed E-state index contributed by atoms with van der Waals surface area (Å²) in [6, 6.07) is 7.19. The van der Waals surface area contributed by atoms with Crippen molar-refractivity contribution in [3.63, 3.8) is 0 Å². The van der Waals surface area contributed by atoms with Crippen molar-refractivity contribution in [2.75, 3.05) is 5.73 Å². The number of pyridine rings is 1. The van der Waals surface area contributed by atoms with E-state index in [1.807, 2.05) is 29.5 Å². The lowest BCUT2D eigenvalue weighted by molar-refractivity contribution is -0.380. The molecular formula is C12H10N4O2S. The summed E-state index contributed by atoms with van der Waals surface area (Å²) < 4.78 is 1.83. The number of nitrogen functional groups attached to an aromatic ring is 1. The molecule has 0 fully saturated rings. The van der Waals surface area contributed by atoms with Crippen LogP contribution in [0, 0.1) is 17.0 Å². The Morgan fingerprint density at radius 2 is 2.26 bits per heavy atom. The number of hydrogen-bond acceptors (Lipinski definition) is 5. The molecule has 0 radical (unpaired) electrons. The zero-order valence-electron chi connectivity index (χ0n) is 10.0. The second kappa shape index (κ2) is 4.06. The van der Waals surface area contributed by atoms with Crippen LogP contribution in [0.3, 0.4) is 0 Å². The number of thiophene rings is 1. The Morgan fingerprint density at radius 1 is 1.47 bits per heavy atom. The van der Waals surface area contributed by atoms with E-state index in [4.69, 9.17) is 5.73 Å². The van der Waals surface area contributed by atoms with Gasteiger partial charge in [-0.05, 0) is 19.1 Å². The predicted octanol–water partition coefficient (Wildman–Crippen LogP) is 2.86. The molecule has 0 unspecified atom stereocenters.